The number of aromatic nitrogens is 1. The highest BCUT2D eigenvalue weighted by molar-refractivity contribution is 5.93. The van der Waals surface area contributed by atoms with Crippen LogP contribution in [0.25, 0.3) is 0 Å². The molecule has 162 valence electrons. The molecule has 1 saturated heterocycles. The Hall–Kier alpha value is -1.66. The summed E-state index contributed by atoms with van der Waals surface area (Å²) >= 11 is 0. The fraction of sp³-hybridized carbons (Fsp3) is 0.750. The van der Waals surface area contributed by atoms with Gasteiger partial charge in [-0.25, -0.2) is 4.98 Å². The van der Waals surface area contributed by atoms with Gasteiger partial charge >= 0.3 is 0 Å². The van der Waals surface area contributed by atoms with E-state index in [1.807, 2.05) is 0 Å². The average Bonchev–Trinajstić information content (AvgIpc) is 3.52. The van der Waals surface area contributed by atoms with E-state index >= 15 is 0 Å². The van der Waals surface area contributed by atoms with Gasteiger partial charge in [0.25, 0.3) is 5.91 Å². The van der Waals surface area contributed by atoms with Gasteiger partial charge in [-0.15, -0.1) is 0 Å². The minimum absolute atomic E-state index is 0.315. The number of nitrogens with two attached hydrogens (primary N) is 1. The van der Waals surface area contributed by atoms with Crippen LogP contribution in [0.3, 0.4) is 0 Å². The summed E-state index contributed by atoms with van der Waals surface area (Å²) in [7, 11) is 0. The summed E-state index contributed by atoms with van der Waals surface area (Å²) < 4.78 is 0. The SMILES string of the molecule is CC1CN(C2CC2)CCN1c1ccc(C2C3CC4CC2CC(O)(C4)C3)c(C(N)=O)n1. The number of rotatable bonds is 4. The molecular formula is C24H34N4O2. The van der Waals surface area contributed by atoms with E-state index in [1.165, 1.54) is 25.7 Å². The third kappa shape index (κ3) is 3.06. The van der Waals surface area contributed by atoms with E-state index in [-0.39, 0.29) is 0 Å². The Morgan fingerprint density at radius 3 is 2.50 bits per heavy atom. The van der Waals surface area contributed by atoms with Crippen LogP contribution in [-0.2, 0) is 0 Å². The summed E-state index contributed by atoms with van der Waals surface area (Å²) in [6, 6.07) is 5.43. The van der Waals surface area contributed by atoms with E-state index in [1.54, 1.807) is 0 Å². The number of carbonyl (C=O) groups excluding carboxylic acids is 1. The van der Waals surface area contributed by atoms with Gasteiger partial charge in [0.15, 0.2) is 0 Å². The van der Waals surface area contributed by atoms with Crippen molar-refractivity contribution in [3.63, 3.8) is 0 Å². The minimum Gasteiger partial charge on any atom is -0.390 e. The topological polar surface area (TPSA) is 82.7 Å². The van der Waals surface area contributed by atoms with Crippen molar-refractivity contribution in [1.82, 2.24) is 9.88 Å². The highest BCUT2D eigenvalue weighted by atomic mass is 16.3. The second-order valence-corrected chi connectivity index (χ2v) is 11.0. The van der Waals surface area contributed by atoms with Gasteiger partial charge in [-0.2, -0.15) is 0 Å². The quantitative estimate of drug-likeness (QED) is 0.797. The molecule has 7 rings (SSSR count). The molecule has 5 aliphatic carbocycles. The fourth-order valence-electron chi connectivity index (χ4n) is 7.67. The fourth-order valence-corrected chi connectivity index (χ4v) is 7.67. The number of piperazine rings is 1. The Morgan fingerprint density at radius 1 is 1.17 bits per heavy atom. The van der Waals surface area contributed by atoms with Gasteiger partial charge < -0.3 is 15.7 Å². The zero-order chi connectivity index (χ0) is 20.6. The number of primary amides is 1. The maximum Gasteiger partial charge on any atom is 0.267 e. The van der Waals surface area contributed by atoms with Gasteiger partial charge in [0.1, 0.15) is 11.5 Å². The second kappa shape index (κ2) is 6.67. The summed E-state index contributed by atoms with van der Waals surface area (Å²) in [6.07, 6.45) is 7.72. The highest BCUT2D eigenvalue weighted by Crippen LogP contribution is 2.61. The second-order valence-electron chi connectivity index (χ2n) is 11.0. The van der Waals surface area contributed by atoms with Crippen LogP contribution in [0, 0.1) is 17.8 Å². The van der Waals surface area contributed by atoms with Crippen LogP contribution in [0.5, 0.6) is 0 Å². The molecule has 0 aromatic carbocycles. The van der Waals surface area contributed by atoms with Gasteiger partial charge in [0.05, 0.1) is 5.60 Å². The van der Waals surface area contributed by atoms with Gasteiger partial charge in [0, 0.05) is 31.7 Å². The van der Waals surface area contributed by atoms with Gasteiger partial charge in [0.2, 0.25) is 0 Å². The Morgan fingerprint density at radius 2 is 1.90 bits per heavy atom. The predicted molar refractivity (Wildman–Crippen MR) is 115 cm³/mol. The third-order valence-electron chi connectivity index (χ3n) is 8.76. The number of carbonyl (C=O) groups is 1. The molecule has 3 unspecified atom stereocenters. The van der Waals surface area contributed by atoms with Crippen molar-refractivity contribution in [3.8, 4) is 0 Å². The summed E-state index contributed by atoms with van der Waals surface area (Å²) in [5, 5.41) is 10.9. The minimum atomic E-state index is -0.468. The molecule has 30 heavy (non-hydrogen) atoms. The van der Waals surface area contributed by atoms with Gasteiger partial charge in [-0.05, 0) is 87.2 Å². The number of aliphatic hydroxyl groups is 1. The third-order valence-corrected chi connectivity index (χ3v) is 8.76. The molecular weight excluding hydrogens is 376 g/mol. The van der Waals surface area contributed by atoms with Gasteiger partial charge in [-0.1, -0.05) is 6.07 Å². The molecule has 3 atom stereocenters. The molecule has 2 heterocycles. The number of amides is 1. The van der Waals surface area contributed by atoms with E-state index in [0.29, 0.717) is 35.4 Å². The molecule has 6 heteroatoms. The molecule has 5 saturated carbocycles. The molecule has 6 nitrogen and oxygen atoms in total. The molecule has 0 radical (unpaired) electrons. The molecule has 1 aliphatic heterocycles. The molecule has 4 bridgehead atoms. The Balaban J connectivity index is 1.29. The summed E-state index contributed by atoms with van der Waals surface area (Å²) in [5.41, 5.74) is 6.89. The normalized spacial score (nSPS) is 40.7. The van der Waals surface area contributed by atoms with Crippen LogP contribution in [-0.4, -0.2) is 58.2 Å². The number of anilines is 1. The standard InChI is InChI=1S/C24H34N4O2/c1-14-13-27(18-2-3-18)6-7-28(14)20-5-4-19(22(26-20)23(25)29)21-16-8-15-9-17(21)12-24(30,10-15)11-16/h4-5,14-18,21,30H,2-3,6-13H2,1H3,(H2,25,29). The average molecular weight is 411 g/mol. The first-order valence-corrected chi connectivity index (χ1v) is 11.9. The van der Waals surface area contributed by atoms with E-state index < -0.39 is 11.5 Å². The lowest BCUT2D eigenvalue weighted by molar-refractivity contribution is -0.134. The summed E-state index contributed by atoms with van der Waals surface area (Å²) in [4.78, 5) is 22.3. The van der Waals surface area contributed by atoms with Crippen LogP contribution in [0.2, 0.25) is 0 Å². The Bertz CT molecular complexity index is 853. The Kier molecular flexibility index (Phi) is 4.24. The zero-order valence-corrected chi connectivity index (χ0v) is 18.0. The van der Waals surface area contributed by atoms with Crippen LogP contribution >= 0.6 is 0 Å². The molecule has 6 fully saturated rings. The lowest BCUT2D eigenvalue weighted by Crippen LogP contribution is -2.54. The van der Waals surface area contributed by atoms with Crippen LogP contribution < -0.4 is 10.6 Å². The van der Waals surface area contributed by atoms with E-state index in [2.05, 4.69) is 28.9 Å². The van der Waals surface area contributed by atoms with Crippen molar-refractivity contribution in [3.05, 3.63) is 23.4 Å². The monoisotopic (exact) mass is 410 g/mol. The molecule has 3 N–H and O–H groups in total. The maximum absolute atomic E-state index is 12.5. The molecule has 6 aliphatic rings. The predicted octanol–water partition coefficient (Wildman–Crippen LogP) is 2.51. The lowest BCUT2D eigenvalue weighted by atomic mass is 9.49. The summed E-state index contributed by atoms with van der Waals surface area (Å²) in [5.74, 6) is 2.34. The van der Waals surface area contributed by atoms with Gasteiger partial charge in [-0.3, -0.25) is 9.69 Å². The lowest BCUT2D eigenvalue weighted by Gasteiger charge is -2.58. The largest absolute Gasteiger partial charge is 0.390 e. The Labute approximate surface area is 178 Å². The first kappa shape index (κ1) is 19.1. The van der Waals surface area contributed by atoms with Crippen molar-refractivity contribution in [2.75, 3.05) is 24.5 Å². The van der Waals surface area contributed by atoms with Crippen molar-refractivity contribution in [1.29, 1.82) is 0 Å². The molecule has 0 spiro atoms. The van der Waals surface area contributed by atoms with Crippen LogP contribution in [0.1, 0.15) is 73.8 Å². The van der Waals surface area contributed by atoms with Crippen molar-refractivity contribution < 1.29 is 9.90 Å². The maximum atomic E-state index is 12.5. The van der Waals surface area contributed by atoms with Crippen LogP contribution in [0.4, 0.5) is 5.82 Å². The van der Waals surface area contributed by atoms with E-state index in [9.17, 15) is 9.90 Å². The number of pyridine rings is 1. The first-order valence-electron chi connectivity index (χ1n) is 11.9. The molecule has 1 aromatic heterocycles. The number of nitrogens with zero attached hydrogens (tertiary/aromatic N) is 3. The first-order chi connectivity index (χ1) is 14.4. The number of hydrogen-bond acceptors (Lipinski definition) is 5. The van der Waals surface area contributed by atoms with Crippen LogP contribution in [0.15, 0.2) is 12.1 Å². The highest BCUT2D eigenvalue weighted by Gasteiger charge is 2.55. The zero-order valence-electron chi connectivity index (χ0n) is 18.0. The molecule has 1 amide bonds. The van der Waals surface area contributed by atoms with E-state index in [0.717, 1.165) is 56.3 Å². The smallest absolute Gasteiger partial charge is 0.267 e. The number of hydrogen-bond donors (Lipinski definition) is 2. The van der Waals surface area contributed by atoms with Crippen molar-refractivity contribution in [2.45, 2.75) is 75.5 Å². The van der Waals surface area contributed by atoms with Crippen molar-refractivity contribution in [2.24, 2.45) is 23.5 Å². The molecule has 1 aromatic rings. The van der Waals surface area contributed by atoms with Crippen molar-refractivity contribution >= 4 is 11.7 Å². The van der Waals surface area contributed by atoms with E-state index in [4.69, 9.17) is 10.7 Å². The summed E-state index contributed by atoms with van der Waals surface area (Å²) in [6.45, 7) is 5.34.